The van der Waals surface area contributed by atoms with Crippen LogP contribution in [0, 0.1) is 0 Å². The van der Waals surface area contributed by atoms with Crippen molar-refractivity contribution in [2.24, 2.45) is 0 Å². The topological polar surface area (TPSA) is 79.9 Å². The number of nitrogens with one attached hydrogen (secondary N) is 2. The number of rotatable bonds is 3. The van der Waals surface area contributed by atoms with Gasteiger partial charge in [0.05, 0.1) is 19.3 Å². The predicted molar refractivity (Wildman–Crippen MR) is 47.8 cm³/mol. The number of amides is 1. The summed E-state index contributed by atoms with van der Waals surface area (Å²) in [6, 6.07) is 0.117. The fourth-order valence-electron chi connectivity index (χ4n) is 1.12. The molecule has 0 atom stereocenters. The standard InChI is InChI=1S/C8H12N4O2/c1-2-6-10-7(12-11-6)8(13)9-5-3-14-4-5/h5H,2-4H2,1H3,(H,9,13)(H,10,11,12). The minimum absolute atomic E-state index is 0.117. The minimum Gasteiger partial charge on any atom is -0.377 e. The molecule has 1 amide bonds. The summed E-state index contributed by atoms with van der Waals surface area (Å²) in [5.74, 6) is 0.683. The van der Waals surface area contributed by atoms with Crippen molar-refractivity contribution < 1.29 is 9.53 Å². The van der Waals surface area contributed by atoms with Gasteiger partial charge >= 0.3 is 0 Å². The first-order chi connectivity index (χ1) is 6.79. The molecule has 1 aromatic heterocycles. The quantitative estimate of drug-likeness (QED) is 0.682. The van der Waals surface area contributed by atoms with E-state index in [1.165, 1.54) is 0 Å². The summed E-state index contributed by atoms with van der Waals surface area (Å²) < 4.78 is 4.93. The van der Waals surface area contributed by atoms with E-state index in [2.05, 4.69) is 20.5 Å². The van der Waals surface area contributed by atoms with Crippen LogP contribution in [0.5, 0.6) is 0 Å². The van der Waals surface area contributed by atoms with Crippen molar-refractivity contribution in [3.05, 3.63) is 11.6 Å². The highest BCUT2D eigenvalue weighted by Crippen LogP contribution is 2.01. The zero-order valence-electron chi connectivity index (χ0n) is 7.91. The van der Waals surface area contributed by atoms with E-state index in [0.717, 1.165) is 12.2 Å². The SMILES string of the molecule is CCc1nc(C(=O)NC2COC2)n[nH]1. The zero-order chi connectivity index (χ0) is 9.97. The number of aryl methyl sites for hydroxylation is 1. The molecule has 6 heteroatoms. The molecule has 1 fully saturated rings. The van der Waals surface area contributed by atoms with Crippen LogP contribution in [-0.4, -0.2) is 40.3 Å². The van der Waals surface area contributed by atoms with Gasteiger partial charge in [-0.25, -0.2) is 4.98 Å². The van der Waals surface area contributed by atoms with Crippen LogP contribution in [0.1, 0.15) is 23.4 Å². The van der Waals surface area contributed by atoms with Gasteiger partial charge in [-0.1, -0.05) is 6.92 Å². The second-order valence-electron chi connectivity index (χ2n) is 3.17. The molecule has 14 heavy (non-hydrogen) atoms. The van der Waals surface area contributed by atoms with Gasteiger partial charge < -0.3 is 10.1 Å². The number of H-pyrrole nitrogens is 1. The summed E-state index contributed by atoms with van der Waals surface area (Å²) in [6.45, 7) is 3.11. The van der Waals surface area contributed by atoms with E-state index in [0.29, 0.717) is 13.2 Å². The van der Waals surface area contributed by atoms with Crippen LogP contribution < -0.4 is 5.32 Å². The summed E-state index contributed by atoms with van der Waals surface area (Å²) in [6.07, 6.45) is 0.743. The largest absolute Gasteiger partial charge is 0.377 e. The van der Waals surface area contributed by atoms with Gasteiger partial charge in [-0.2, -0.15) is 0 Å². The van der Waals surface area contributed by atoms with Crippen molar-refractivity contribution in [1.29, 1.82) is 0 Å². The Morgan fingerprint density at radius 1 is 1.71 bits per heavy atom. The number of carbonyl (C=O) groups excluding carboxylic acids is 1. The van der Waals surface area contributed by atoms with Crippen molar-refractivity contribution in [2.45, 2.75) is 19.4 Å². The number of aromatic nitrogens is 3. The minimum atomic E-state index is -0.241. The van der Waals surface area contributed by atoms with Crippen LogP contribution in [0.15, 0.2) is 0 Å². The van der Waals surface area contributed by atoms with Gasteiger partial charge in [-0.15, -0.1) is 5.10 Å². The highest BCUT2D eigenvalue weighted by molar-refractivity contribution is 5.90. The molecule has 0 aliphatic carbocycles. The zero-order valence-corrected chi connectivity index (χ0v) is 7.91. The molecule has 1 aliphatic heterocycles. The molecule has 0 saturated carbocycles. The molecule has 1 saturated heterocycles. The second kappa shape index (κ2) is 3.75. The first-order valence-corrected chi connectivity index (χ1v) is 4.59. The molecule has 1 aromatic rings. The lowest BCUT2D eigenvalue weighted by Gasteiger charge is -2.26. The van der Waals surface area contributed by atoms with Crippen molar-refractivity contribution in [1.82, 2.24) is 20.5 Å². The Morgan fingerprint density at radius 2 is 2.50 bits per heavy atom. The summed E-state index contributed by atoms with van der Waals surface area (Å²) in [5.41, 5.74) is 0. The Hall–Kier alpha value is -1.43. The summed E-state index contributed by atoms with van der Waals surface area (Å²) in [7, 11) is 0. The lowest BCUT2D eigenvalue weighted by molar-refractivity contribution is -0.00363. The van der Waals surface area contributed by atoms with Crippen LogP contribution in [0.25, 0.3) is 0 Å². The normalized spacial score (nSPS) is 16.4. The Kier molecular flexibility index (Phi) is 2.45. The molecule has 0 spiro atoms. The third kappa shape index (κ3) is 1.74. The van der Waals surface area contributed by atoms with E-state index < -0.39 is 0 Å². The van der Waals surface area contributed by atoms with Crippen molar-refractivity contribution in [3.63, 3.8) is 0 Å². The van der Waals surface area contributed by atoms with Gasteiger partial charge in [0, 0.05) is 6.42 Å². The molecule has 76 valence electrons. The van der Waals surface area contributed by atoms with Gasteiger partial charge in [0.1, 0.15) is 5.82 Å². The Labute approximate surface area is 81.1 Å². The molecular weight excluding hydrogens is 184 g/mol. The van der Waals surface area contributed by atoms with E-state index in [1.807, 2.05) is 6.92 Å². The number of aromatic amines is 1. The maximum absolute atomic E-state index is 11.5. The molecule has 0 aromatic carbocycles. The summed E-state index contributed by atoms with van der Waals surface area (Å²) in [4.78, 5) is 15.5. The molecular formula is C8H12N4O2. The third-order valence-corrected chi connectivity index (χ3v) is 2.04. The fourth-order valence-corrected chi connectivity index (χ4v) is 1.12. The Bertz CT molecular complexity index is 332. The van der Waals surface area contributed by atoms with Gasteiger partial charge in [0.15, 0.2) is 0 Å². The van der Waals surface area contributed by atoms with Crippen molar-refractivity contribution in [2.75, 3.05) is 13.2 Å². The predicted octanol–water partition coefficient (Wildman–Crippen LogP) is -0.504. The number of hydrogen-bond donors (Lipinski definition) is 2. The molecule has 2 rings (SSSR count). The van der Waals surface area contributed by atoms with Gasteiger partial charge in [-0.3, -0.25) is 9.89 Å². The Morgan fingerprint density at radius 3 is 3.00 bits per heavy atom. The first-order valence-electron chi connectivity index (χ1n) is 4.59. The maximum atomic E-state index is 11.5. The van der Waals surface area contributed by atoms with E-state index in [1.54, 1.807) is 0 Å². The monoisotopic (exact) mass is 196 g/mol. The van der Waals surface area contributed by atoms with Crippen LogP contribution in [0.2, 0.25) is 0 Å². The lowest BCUT2D eigenvalue weighted by Crippen LogP contribution is -2.48. The molecule has 1 aliphatic rings. The third-order valence-electron chi connectivity index (χ3n) is 2.04. The average Bonchev–Trinajstić information content (AvgIpc) is 2.59. The fraction of sp³-hybridized carbons (Fsp3) is 0.625. The number of carbonyl (C=O) groups is 1. The van der Waals surface area contributed by atoms with E-state index in [4.69, 9.17) is 4.74 Å². The van der Waals surface area contributed by atoms with Crippen molar-refractivity contribution in [3.8, 4) is 0 Å². The number of hydrogen-bond acceptors (Lipinski definition) is 4. The molecule has 0 radical (unpaired) electrons. The van der Waals surface area contributed by atoms with Gasteiger partial charge in [-0.05, 0) is 0 Å². The van der Waals surface area contributed by atoms with Crippen molar-refractivity contribution >= 4 is 5.91 Å². The smallest absolute Gasteiger partial charge is 0.291 e. The van der Waals surface area contributed by atoms with Gasteiger partial charge in [0.25, 0.3) is 5.91 Å². The van der Waals surface area contributed by atoms with E-state index >= 15 is 0 Å². The number of ether oxygens (including phenoxy) is 1. The van der Waals surface area contributed by atoms with E-state index in [9.17, 15) is 4.79 Å². The van der Waals surface area contributed by atoms with E-state index in [-0.39, 0.29) is 17.8 Å². The average molecular weight is 196 g/mol. The summed E-state index contributed by atoms with van der Waals surface area (Å²) in [5, 5.41) is 9.26. The van der Waals surface area contributed by atoms with Crippen LogP contribution in [0.3, 0.4) is 0 Å². The second-order valence-corrected chi connectivity index (χ2v) is 3.17. The molecule has 2 N–H and O–H groups in total. The number of nitrogens with zero attached hydrogens (tertiary/aromatic N) is 2. The van der Waals surface area contributed by atoms with Gasteiger partial charge in [0.2, 0.25) is 5.82 Å². The maximum Gasteiger partial charge on any atom is 0.291 e. The van der Waals surface area contributed by atoms with Crippen LogP contribution in [0.4, 0.5) is 0 Å². The summed E-state index contributed by atoms with van der Waals surface area (Å²) >= 11 is 0. The van der Waals surface area contributed by atoms with Crippen LogP contribution >= 0.6 is 0 Å². The molecule has 0 bridgehead atoms. The lowest BCUT2D eigenvalue weighted by atomic mass is 10.2. The molecule has 0 unspecified atom stereocenters. The Balaban J connectivity index is 1.95. The molecule has 2 heterocycles. The molecule has 6 nitrogen and oxygen atoms in total. The van der Waals surface area contributed by atoms with Crippen LogP contribution in [-0.2, 0) is 11.2 Å². The first kappa shape index (κ1) is 9.14. The highest BCUT2D eigenvalue weighted by atomic mass is 16.5. The highest BCUT2D eigenvalue weighted by Gasteiger charge is 2.22.